The molecule has 0 saturated carbocycles. The molecule has 2 heterocycles. The highest BCUT2D eigenvalue weighted by molar-refractivity contribution is 5.93. The van der Waals surface area contributed by atoms with E-state index in [9.17, 15) is 0 Å². The van der Waals surface area contributed by atoms with Crippen molar-refractivity contribution in [3.05, 3.63) is 78.0 Å². The molecule has 0 bridgehead atoms. The van der Waals surface area contributed by atoms with Gasteiger partial charge in [-0.05, 0) is 73.2 Å². The van der Waals surface area contributed by atoms with E-state index in [2.05, 4.69) is 77.6 Å². The van der Waals surface area contributed by atoms with Crippen molar-refractivity contribution in [1.82, 2.24) is 9.97 Å². The van der Waals surface area contributed by atoms with Crippen molar-refractivity contribution in [2.45, 2.75) is 26.2 Å². The van der Waals surface area contributed by atoms with Gasteiger partial charge in [-0.1, -0.05) is 42.5 Å². The van der Waals surface area contributed by atoms with Gasteiger partial charge < -0.3 is 10.7 Å². The van der Waals surface area contributed by atoms with Crippen LogP contribution in [-0.2, 0) is 6.42 Å². The molecule has 136 valence electrons. The Morgan fingerprint density at radius 2 is 1.78 bits per heavy atom. The summed E-state index contributed by atoms with van der Waals surface area (Å²) in [4.78, 5) is 8.27. The van der Waals surface area contributed by atoms with Crippen molar-refractivity contribution < 1.29 is 0 Å². The molecule has 3 heteroatoms. The van der Waals surface area contributed by atoms with Crippen molar-refractivity contribution in [3.8, 4) is 22.5 Å². The van der Waals surface area contributed by atoms with Crippen LogP contribution in [0.15, 0.2) is 66.9 Å². The molecule has 0 atom stereocenters. The van der Waals surface area contributed by atoms with Crippen LogP contribution in [0.2, 0.25) is 0 Å². The molecule has 0 aliphatic rings. The molecule has 0 saturated heterocycles. The van der Waals surface area contributed by atoms with Crippen LogP contribution < -0.4 is 5.73 Å². The van der Waals surface area contributed by atoms with E-state index in [1.165, 1.54) is 27.6 Å². The van der Waals surface area contributed by atoms with Crippen molar-refractivity contribution in [2.75, 3.05) is 6.54 Å². The van der Waals surface area contributed by atoms with Crippen LogP contribution in [0, 0.1) is 6.92 Å². The minimum absolute atomic E-state index is 0.732. The smallest absolute Gasteiger partial charge is 0.0867 e. The Hall–Kier alpha value is -2.91. The lowest BCUT2D eigenvalue weighted by atomic mass is 9.98. The van der Waals surface area contributed by atoms with Gasteiger partial charge in [0, 0.05) is 17.1 Å². The standard InChI is InChI=1S/C24H25N3/c1-17-10-12-23(26-16-17)24-20(9-5-6-14-25)21-15-19(11-13-22(21)27-24)18-7-3-2-4-8-18/h2-4,7-8,10-13,15-16,27H,5-6,9,14,25H2,1H3. The number of benzene rings is 2. The Morgan fingerprint density at radius 3 is 2.52 bits per heavy atom. The van der Waals surface area contributed by atoms with Gasteiger partial charge in [-0.3, -0.25) is 4.98 Å². The fourth-order valence-electron chi connectivity index (χ4n) is 3.60. The Bertz CT molecular complexity index is 1030. The van der Waals surface area contributed by atoms with E-state index in [-0.39, 0.29) is 0 Å². The third kappa shape index (κ3) is 3.64. The maximum Gasteiger partial charge on any atom is 0.0867 e. The van der Waals surface area contributed by atoms with E-state index in [4.69, 9.17) is 5.73 Å². The van der Waals surface area contributed by atoms with Gasteiger partial charge in [0.1, 0.15) is 0 Å². The quantitative estimate of drug-likeness (QED) is 0.450. The van der Waals surface area contributed by atoms with E-state index < -0.39 is 0 Å². The van der Waals surface area contributed by atoms with E-state index in [1.807, 2.05) is 6.20 Å². The van der Waals surface area contributed by atoms with Crippen LogP contribution in [0.25, 0.3) is 33.4 Å². The summed E-state index contributed by atoms with van der Waals surface area (Å²) in [6.45, 7) is 2.80. The number of pyridine rings is 1. The van der Waals surface area contributed by atoms with E-state index in [0.29, 0.717) is 0 Å². The first kappa shape index (κ1) is 17.5. The average molecular weight is 355 g/mol. The summed E-state index contributed by atoms with van der Waals surface area (Å²) >= 11 is 0. The number of hydrogen-bond acceptors (Lipinski definition) is 2. The van der Waals surface area contributed by atoms with Crippen molar-refractivity contribution in [3.63, 3.8) is 0 Å². The molecule has 0 spiro atoms. The van der Waals surface area contributed by atoms with E-state index >= 15 is 0 Å². The first-order valence-electron chi connectivity index (χ1n) is 9.59. The van der Waals surface area contributed by atoms with Gasteiger partial charge in [0.2, 0.25) is 0 Å². The number of nitrogens with two attached hydrogens (primary N) is 1. The summed E-state index contributed by atoms with van der Waals surface area (Å²) in [5.74, 6) is 0. The van der Waals surface area contributed by atoms with Gasteiger partial charge in [-0.15, -0.1) is 0 Å². The third-order valence-corrected chi connectivity index (χ3v) is 5.06. The lowest BCUT2D eigenvalue weighted by Crippen LogP contribution is -1.99. The van der Waals surface area contributed by atoms with Crippen LogP contribution in [0.3, 0.4) is 0 Å². The van der Waals surface area contributed by atoms with Crippen molar-refractivity contribution in [1.29, 1.82) is 0 Å². The Morgan fingerprint density at radius 1 is 0.926 bits per heavy atom. The zero-order chi connectivity index (χ0) is 18.6. The number of nitrogens with zero attached hydrogens (tertiary/aromatic N) is 1. The van der Waals surface area contributed by atoms with Crippen LogP contribution in [0.1, 0.15) is 24.0 Å². The summed E-state index contributed by atoms with van der Waals surface area (Å²) in [6, 6.07) is 21.4. The summed E-state index contributed by atoms with van der Waals surface area (Å²) in [6.07, 6.45) is 5.05. The van der Waals surface area contributed by atoms with Crippen molar-refractivity contribution >= 4 is 10.9 Å². The highest BCUT2D eigenvalue weighted by Gasteiger charge is 2.15. The Balaban J connectivity index is 1.84. The van der Waals surface area contributed by atoms with E-state index in [1.54, 1.807) is 0 Å². The fraction of sp³-hybridized carbons (Fsp3) is 0.208. The predicted molar refractivity (Wildman–Crippen MR) is 114 cm³/mol. The van der Waals surface area contributed by atoms with Crippen LogP contribution in [0.5, 0.6) is 0 Å². The van der Waals surface area contributed by atoms with Crippen molar-refractivity contribution in [2.24, 2.45) is 5.73 Å². The molecule has 3 N–H and O–H groups in total. The second-order valence-electron chi connectivity index (χ2n) is 7.07. The Labute approximate surface area is 160 Å². The van der Waals surface area contributed by atoms with E-state index in [0.717, 1.165) is 42.7 Å². The zero-order valence-electron chi connectivity index (χ0n) is 15.7. The first-order valence-corrected chi connectivity index (χ1v) is 9.59. The van der Waals surface area contributed by atoms with Crippen LogP contribution in [0.4, 0.5) is 0 Å². The first-order chi connectivity index (χ1) is 13.3. The number of hydrogen-bond donors (Lipinski definition) is 2. The molecule has 2 aromatic heterocycles. The van der Waals surface area contributed by atoms with Gasteiger partial charge in [-0.25, -0.2) is 0 Å². The second kappa shape index (κ2) is 7.77. The van der Waals surface area contributed by atoms with Gasteiger partial charge in [0.05, 0.1) is 11.4 Å². The largest absolute Gasteiger partial charge is 0.353 e. The molecule has 0 fully saturated rings. The fourth-order valence-corrected chi connectivity index (χ4v) is 3.60. The average Bonchev–Trinajstić information content (AvgIpc) is 3.07. The highest BCUT2D eigenvalue weighted by atomic mass is 14.8. The second-order valence-corrected chi connectivity index (χ2v) is 7.07. The molecule has 0 amide bonds. The predicted octanol–water partition coefficient (Wildman–Crippen LogP) is 5.49. The van der Waals surface area contributed by atoms with Gasteiger partial charge in [0.25, 0.3) is 0 Å². The zero-order valence-corrected chi connectivity index (χ0v) is 15.7. The molecule has 3 nitrogen and oxygen atoms in total. The topological polar surface area (TPSA) is 54.7 Å². The molecular formula is C24H25N3. The molecule has 2 aromatic carbocycles. The lowest BCUT2D eigenvalue weighted by Gasteiger charge is -2.06. The molecule has 27 heavy (non-hydrogen) atoms. The number of unbranched alkanes of at least 4 members (excludes halogenated alkanes) is 1. The van der Waals surface area contributed by atoms with Gasteiger partial charge in [0.15, 0.2) is 0 Å². The molecule has 0 radical (unpaired) electrons. The molecule has 0 aliphatic carbocycles. The minimum atomic E-state index is 0.732. The maximum atomic E-state index is 5.73. The summed E-state index contributed by atoms with van der Waals surface area (Å²) in [5, 5.41) is 1.28. The number of aryl methyl sites for hydroxylation is 2. The lowest BCUT2D eigenvalue weighted by molar-refractivity contribution is 0.748. The molecule has 4 aromatic rings. The highest BCUT2D eigenvalue weighted by Crippen LogP contribution is 2.33. The normalized spacial score (nSPS) is 11.2. The number of H-pyrrole nitrogens is 1. The number of rotatable bonds is 6. The molecule has 0 aliphatic heterocycles. The molecule has 4 rings (SSSR count). The number of aromatic amines is 1. The van der Waals surface area contributed by atoms with Crippen LogP contribution in [-0.4, -0.2) is 16.5 Å². The number of fused-ring (bicyclic) bond motifs is 1. The Kier molecular flexibility index (Phi) is 5.03. The van der Waals surface area contributed by atoms with Gasteiger partial charge >= 0.3 is 0 Å². The molecule has 0 unspecified atom stereocenters. The maximum absolute atomic E-state index is 5.73. The summed E-state index contributed by atoms with van der Waals surface area (Å²) in [7, 11) is 0. The summed E-state index contributed by atoms with van der Waals surface area (Å²) in [5.41, 5.74) is 14.0. The number of aromatic nitrogens is 2. The van der Waals surface area contributed by atoms with Crippen LogP contribution >= 0.6 is 0 Å². The SMILES string of the molecule is Cc1ccc(-c2[nH]c3ccc(-c4ccccc4)cc3c2CCCCN)nc1. The molecular weight excluding hydrogens is 330 g/mol. The van der Waals surface area contributed by atoms with Gasteiger partial charge in [-0.2, -0.15) is 0 Å². The third-order valence-electron chi connectivity index (χ3n) is 5.06. The minimum Gasteiger partial charge on any atom is -0.353 e. The monoisotopic (exact) mass is 355 g/mol. The number of nitrogens with one attached hydrogen (secondary N) is 1. The summed E-state index contributed by atoms with van der Waals surface area (Å²) < 4.78 is 0.